The molecule has 1 aromatic heterocycles. The Morgan fingerprint density at radius 3 is 2.33 bits per heavy atom. The standard InChI is InChI=1S/C26H26N2O3S2/c1-4-33(30,31)22-12-10-20(11-13-22)16-24(29)28(17-21-8-6-5-7-9-21)26-27-25-19(3)14-18(2)15-23(25)32-26/h5-15H,4,16-17H2,1-3H3. The summed E-state index contributed by atoms with van der Waals surface area (Å²) < 4.78 is 25.2. The number of thiazole rings is 1. The zero-order valence-electron chi connectivity index (χ0n) is 18.9. The van der Waals surface area contributed by atoms with Crippen molar-refractivity contribution in [1.29, 1.82) is 0 Å². The molecule has 0 spiro atoms. The van der Waals surface area contributed by atoms with Gasteiger partial charge in [-0.3, -0.25) is 9.69 Å². The van der Waals surface area contributed by atoms with Crippen LogP contribution in [0.5, 0.6) is 0 Å². The second-order valence-electron chi connectivity index (χ2n) is 8.11. The Bertz CT molecular complexity index is 1390. The fraction of sp³-hybridized carbons (Fsp3) is 0.231. The van der Waals surface area contributed by atoms with Gasteiger partial charge in [0.1, 0.15) is 0 Å². The van der Waals surface area contributed by atoms with E-state index in [1.807, 2.05) is 37.3 Å². The molecule has 0 aliphatic rings. The fourth-order valence-corrected chi connectivity index (χ4v) is 5.80. The fourth-order valence-electron chi connectivity index (χ4n) is 3.75. The average molecular weight is 479 g/mol. The molecule has 4 aromatic rings. The monoisotopic (exact) mass is 478 g/mol. The van der Waals surface area contributed by atoms with E-state index >= 15 is 0 Å². The minimum absolute atomic E-state index is 0.0482. The molecule has 0 saturated heterocycles. The Morgan fingerprint density at radius 1 is 0.970 bits per heavy atom. The molecule has 1 amide bonds. The van der Waals surface area contributed by atoms with Crippen molar-refractivity contribution in [3.05, 3.63) is 89.0 Å². The summed E-state index contributed by atoms with van der Waals surface area (Å²) in [6, 6.07) is 20.6. The van der Waals surface area contributed by atoms with Gasteiger partial charge in [0.25, 0.3) is 0 Å². The summed E-state index contributed by atoms with van der Waals surface area (Å²) in [5.41, 5.74) is 4.95. The molecule has 170 valence electrons. The number of fused-ring (bicyclic) bond motifs is 1. The lowest BCUT2D eigenvalue weighted by Gasteiger charge is -2.20. The van der Waals surface area contributed by atoms with E-state index < -0.39 is 9.84 Å². The molecule has 4 rings (SSSR count). The van der Waals surface area contributed by atoms with Crippen molar-refractivity contribution < 1.29 is 13.2 Å². The number of sulfone groups is 1. The van der Waals surface area contributed by atoms with Gasteiger partial charge in [-0.1, -0.05) is 66.8 Å². The lowest BCUT2D eigenvalue weighted by atomic mass is 10.1. The van der Waals surface area contributed by atoms with Crippen LogP contribution in [0.1, 0.15) is 29.2 Å². The first-order valence-corrected chi connectivity index (χ1v) is 13.3. The quantitative estimate of drug-likeness (QED) is 0.353. The molecule has 0 aliphatic carbocycles. The molecule has 3 aromatic carbocycles. The number of nitrogens with zero attached hydrogens (tertiary/aromatic N) is 2. The van der Waals surface area contributed by atoms with Gasteiger partial charge in [0.05, 0.1) is 33.8 Å². The second-order valence-corrected chi connectivity index (χ2v) is 11.4. The molecule has 0 atom stereocenters. The van der Waals surface area contributed by atoms with Gasteiger partial charge in [0, 0.05) is 0 Å². The van der Waals surface area contributed by atoms with Crippen molar-refractivity contribution in [2.45, 2.75) is 38.6 Å². The number of benzene rings is 3. The zero-order valence-corrected chi connectivity index (χ0v) is 20.5. The van der Waals surface area contributed by atoms with Gasteiger partial charge in [-0.15, -0.1) is 0 Å². The van der Waals surface area contributed by atoms with E-state index in [0.29, 0.717) is 11.7 Å². The Balaban J connectivity index is 1.66. The van der Waals surface area contributed by atoms with Crippen LogP contribution in [0.3, 0.4) is 0 Å². The number of aryl methyl sites for hydroxylation is 2. The van der Waals surface area contributed by atoms with Crippen LogP contribution in [0.4, 0.5) is 5.13 Å². The molecule has 0 aliphatic heterocycles. The van der Waals surface area contributed by atoms with Crippen molar-refractivity contribution in [2.24, 2.45) is 0 Å². The number of rotatable bonds is 7. The van der Waals surface area contributed by atoms with E-state index in [9.17, 15) is 13.2 Å². The number of anilines is 1. The van der Waals surface area contributed by atoms with Crippen molar-refractivity contribution in [3.8, 4) is 0 Å². The molecule has 0 bridgehead atoms. The normalized spacial score (nSPS) is 11.6. The average Bonchev–Trinajstić information content (AvgIpc) is 3.22. The summed E-state index contributed by atoms with van der Waals surface area (Å²) in [5, 5.41) is 0.665. The molecule has 0 fully saturated rings. The topological polar surface area (TPSA) is 67.3 Å². The molecule has 1 heterocycles. The van der Waals surface area contributed by atoms with Gasteiger partial charge >= 0.3 is 0 Å². The Morgan fingerprint density at radius 2 is 1.67 bits per heavy atom. The summed E-state index contributed by atoms with van der Waals surface area (Å²) in [6.45, 7) is 6.13. The predicted molar refractivity (Wildman–Crippen MR) is 135 cm³/mol. The summed E-state index contributed by atoms with van der Waals surface area (Å²) >= 11 is 1.52. The van der Waals surface area contributed by atoms with Crippen molar-refractivity contribution in [2.75, 3.05) is 10.7 Å². The molecule has 0 unspecified atom stereocenters. The van der Waals surface area contributed by atoms with Crippen molar-refractivity contribution in [3.63, 3.8) is 0 Å². The summed E-state index contributed by atoms with van der Waals surface area (Å²) in [4.78, 5) is 20.3. The maximum absolute atomic E-state index is 13.5. The van der Waals surface area contributed by atoms with E-state index in [1.54, 1.807) is 36.1 Å². The van der Waals surface area contributed by atoms with Gasteiger partial charge in [-0.05, 0) is 54.3 Å². The number of aromatic nitrogens is 1. The summed E-state index contributed by atoms with van der Waals surface area (Å²) in [5.74, 6) is -0.0366. The third-order valence-corrected chi connectivity index (χ3v) is 8.33. The van der Waals surface area contributed by atoms with Crippen LogP contribution in [0, 0.1) is 13.8 Å². The van der Waals surface area contributed by atoms with Gasteiger partial charge < -0.3 is 0 Å². The number of hydrogen-bond acceptors (Lipinski definition) is 5. The number of amides is 1. The van der Waals surface area contributed by atoms with Crippen LogP contribution in [-0.4, -0.2) is 25.1 Å². The highest BCUT2D eigenvalue weighted by molar-refractivity contribution is 7.91. The molecule has 33 heavy (non-hydrogen) atoms. The van der Waals surface area contributed by atoms with E-state index in [2.05, 4.69) is 19.1 Å². The Hall–Kier alpha value is -3.03. The number of hydrogen-bond donors (Lipinski definition) is 0. The van der Waals surface area contributed by atoms with Crippen LogP contribution in [0.2, 0.25) is 0 Å². The van der Waals surface area contributed by atoms with E-state index in [4.69, 9.17) is 4.98 Å². The first-order valence-electron chi connectivity index (χ1n) is 10.8. The van der Waals surface area contributed by atoms with Crippen LogP contribution in [-0.2, 0) is 27.6 Å². The van der Waals surface area contributed by atoms with Gasteiger partial charge in [0.2, 0.25) is 5.91 Å². The maximum atomic E-state index is 13.5. The minimum Gasteiger partial charge on any atom is -0.283 e. The molecule has 5 nitrogen and oxygen atoms in total. The first kappa shape index (κ1) is 23.1. The Labute approximate surface area is 198 Å². The Kier molecular flexibility index (Phi) is 6.63. The molecule has 0 N–H and O–H groups in total. The summed E-state index contributed by atoms with van der Waals surface area (Å²) in [6.07, 6.45) is 0.160. The van der Waals surface area contributed by atoms with E-state index in [-0.39, 0.29) is 23.0 Å². The zero-order chi connectivity index (χ0) is 23.6. The number of carbonyl (C=O) groups is 1. The maximum Gasteiger partial charge on any atom is 0.233 e. The lowest BCUT2D eigenvalue weighted by Crippen LogP contribution is -2.31. The van der Waals surface area contributed by atoms with E-state index in [1.165, 1.54) is 16.9 Å². The molecular formula is C26H26N2O3S2. The third kappa shape index (κ3) is 5.15. The molecular weight excluding hydrogens is 452 g/mol. The van der Waals surface area contributed by atoms with Gasteiger partial charge in [-0.25, -0.2) is 13.4 Å². The molecule has 0 saturated carbocycles. The SMILES string of the molecule is CCS(=O)(=O)c1ccc(CC(=O)N(Cc2ccccc2)c2nc3c(C)cc(C)cc3s2)cc1. The van der Waals surface area contributed by atoms with E-state index in [0.717, 1.165) is 26.9 Å². The highest BCUT2D eigenvalue weighted by atomic mass is 32.2. The van der Waals surface area contributed by atoms with Crippen molar-refractivity contribution in [1.82, 2.24) is 4.98 Å². The van der Waals surface area contributed by atoms with Crippen LogP contribution in [0.25, 0.3) is 10.2 Å². The highest BCUT2D eigenvalue weighted by Gasteiger charge is 2.21. The highest BCUT2D eigenvalue weighted by Crippen LogP contribution is 2.33. The van der Waals surface area contributed by atoms with Crippen LogP contribution >= 0.6 is 11.3 Å². The lowest BCUT2D eigenvalue weighted by molar-refractivity contribution is -0.118. The second kappa shape index (κ2) is 9.45. The van der Waals surface area contributed by atoms with Crippen molar-refractivity contribution >= 4 is 42.4 Å². The van der Waals surface area contributed by atoms with Crippen LogP contribution in [0.15, 0.2) is 71.6 Å². The predicted octanol–water partition coefficient (Wildman–Crippen LogP) is 5.48. The van der Waals surface area contributed by atoms with Gasteiger partial charge in [-0.2, -0.15) is 0 Å². The van der Waals surface area contributed by atoms with Crippen LogP contribution < -0.4 is 4.90 Å². The molecule has 7 heteroatoms. The largest absolute Gasteiger partial charge is 0.283 e. The minimum atomic E-state index is -3.27. The smallest absolute Gasteiger partial charge is 0.233 e. The first-order chi connectivity index (χ1) is 15.8. The number of carbonyl (C=O) groups excluding carboxylic acids is 1. The third-order valence-electron chi connectivity index (χ3n) is 5.55. The van der Waals surface area contributed by atoms with Gasteiger partial charge in [0.15, 0.2) is 15.0 Å². The summed E-state index contributed by atoms with van der Waals surface area (Å²) in [7, 11) is -3.27. The molecule has 0 radical (unpaired) electrons.